The van der Waals surface area contributed by atoms with Crippen molar-refractivity contribution in [1.82, 2.24) is 5.32 Å². The normalized spacial score (nSPS) is 17.8. The maximum absolute atomic E-state index is 11.0. The van der Waals surface area contributed by atoms with E-state index in [0.29, 0.717) is 6.04 Å². The molecule has 2 atom stereocenters. The molecule has 0 spiro atoms. The van der Waals surface area contributed by atoms with Crippen LogP contribution in [0.5, 0.6) is 0 Å². The number of hydrogen-bond acceptors (Lipinski definition) is 3. The fourth-order valence-electron chi connectivity index (χ4n) is 2.86. The average Bonchev–Trinajstić information content (AvgIpc) is 3.09. The Bertz CT molecular complexity index is 485. The van der Waals surface area contributed by atoms with Crippen molar-refractivity contribution in [3.05, 3.63) is 34.4 Å². The quantitative estimate of drug-likeness (QED) is 0.746. The van der Waals surface area contributed by atoms with Gasteiger partial charge in [-0.1, -0.05) is 17.7 Å². The Kier molecular flexibility index (Phi) is 4.45. The third kappa shape index (κ3) is 3.58. The number of rotatable bonds is 6. The molecule has 4 nitrogen and oxygen atoms in total. The molecule has 0 amide bonds. The highest BCUT2D eigenvalue weighted by Gasteiger charge is 2.31. The fraction of sp³-hybridized carbons (Fsp3) is 0.562. The standard InChI is InChI=1S/C16H23NO3/c1-9-6-10(2)15(11(3)7-9)16(20)13(8-14(18)19)17-12-4-5-12/h6-7,12-13,16-17,20H,4-5,8H2,1-3H3,(H,18,19). The molecule has 0 saturated heterocycles. The van der Waals surface area contributed by atoms with E-state index in [-0.39, 0.29) is 6.42 Å². The number of aliphatic carboxylic acids is 1. The van der Waals surface area contributed by atoms with Crippen molar-refractivity contribution in [2.75, 3.05) is 0 Å². The van der Waals surface area contributed by atoms with Gasteiger partial charge >= 0.3 is 5.97 Å². The summed E-state index contributed by atoms with van der Waals surface area (Å²) in [6, 6.07) is 3.99. The van der Waals surface area contributed by atoms with Gasteiger partial charge in [0.05, 0.1) is 12.5 Å². The molecule has 110 valence electrons. The van der Waals surface area contributed by atoms with Gasteiger partial charge in [0.15, 0.2) is 0 Å². The maximum Gasteiger partial charge on any atom is 0.305 e. The number of aliphatic hydroxyl groups excluding tert-OH is 1. The van der Waals surface area contributed by atoms with Gasteiger partial charge in [0, 0.05) is 12.1 Å². The van der Waals surface area contributed by atoms with E-state index in [1.165, 1.54) is 0 Å². The van der Waals surface area contributed by atoms with Crippen molar-refractivity contribution in [1.29, 1.82) is 0 Å². The van der Waals surface area contributed by atoms with Gasteiger partial charge in [0.2, 0.25) is 0 Å². The molecule has 0 radical (unpaired) electrons. The highest BCUT2D eigenvalue weighted by Crippen LogP contribution is 2.29. The average molecular weight is 277 g/mol. The van der Waals surface area contributed by atoms with Gasteiger partial charge in [-0.25, -0.2) is 0 Å². The maximum atomic E-state index is 11.0. The minimum Gasteiger partial charge on any atom is -0.481 e. The number of nitrogens with one attached hydrogen (secondary N) is 1. The second kappa shape index (κ2) is 5.94. The minimum absolute atomic E-state index is 0.0651. The van der Waals surface area contributed by atoms with Gasteiger partial charge in [-0.2, -0.15) is 0 Å². The van der Waals surface area contributed by atoms with Crippen LogP contribution >= 0.6 is 0 Å². The Morgan fingerprint density at radius 1 is 1.30 bits per heavy atom. The third-order valence-electron chi connectivity index (χ3n) is 3.84. The molecule has 1 aromatic rings. The van der Waals surface area contributed by atoms with E-state index in [1.807, 2.05) is 32.9 Å². The summed E-state index contributed by atoms with van der Waals surface area (Å²) in [4.78, 5) is 11.0. The van der Waals surface area contributed by atoms with Crippen LogP contribution in [0.25, 0.3) is 0 Å². The number of aryl methyl sites for hydroxylation is 3. The number of benzene rings is 1. The number of carboxylic acid groups (broad SMARTS) is 1. The third-order valence-corrected chi connectivity index (χ3v) is 3.84. The Labute approximate surface area is 119 Å². The van der Waals surface area contributed by atoms with Crippen LogP contribution in [0.2, 0.25) is 0 Å². The monoisotopic (exact) mass is 277 g/mol. The number of carbonyl (C=O) groups is 1. The number of hydrogen-bond donors (Lipinski definition) is 3. The van der Waals surface area contributed by atoms with Gasteiger partial charge in [-0.05, 0) is 50.3 Å². The highest BCUT2D eigenvalue weighted by molar-refractivity contribution is 5.67. The molecule has 20 heavy (non-hydrogen) atoms. The molecule has 3 N–H and O–H groups in total. The first-order chi connectivity index (χ1) is 9.38. The molecular formula is C16H23NO3. The first kappa shape index (κ1) is 15.0. The molecule has 0 bridgehead atoms. The summed E-state index contributed by atoms with van der Waals surface area (Å²) in [6.07, 6.45) is 1.28. The molecule has 0 aromatic heterocycles. The Morgan fingerprint density at radius 2 is 1.85 bits per heavy atom. The molecule has 1 aliphatic carbocycles. The predicted molar refractivity (Wildman–Crippen MR) is 77.8 cm³/mol. The van der Waals surface area contributed by atoms with Crippen LogP contribution in [0.4, 0.5) is 0 Å². The Morgan fingerprint density at radius 3 is 2.30 bits per heavy atom. The summed E-state index contributed by atoms with van der Waals surface area (Å²) in [5.74, 6) is -0.885. The SMILES string of the molecule is Cc1cc(C)c(C(O)C(CC(=O)O)NC2CC2)c(C)c1. The lowest BCUT2D eigenvalue weighted by atomic mass is 9.90. The molecule has 1 fully saturated rings. The minimum atomic E-state index is -0.885. The van der Waals surface area contributed by atoms with E-state index >= 15 is 0 Å². The zero-order chi connectivity index (χ0) is 14.9. The van der Waals surface area contributed by atoms with Gasteiger partial charge in [-0.15, -0.1) is 0 Å². The van der Waals surface area contributed by atoms with Crippen LogP contribution in [-0.4, -0.2) is 28.3 Å². The lowest BCUT2D eigenvalue weighted by Crippen LogP contribution is -2.38. The second-order valence-electron chi connectivity index (χ2n) is 5.90. The predicted octanol–water partition coefficient (Wildman–Crippen LogP) is 2.24. The van der Waals surface area contributed by atoms with E-state index in [9.17, 15) is 9.90 Å². The number of carboxylic acids is 1. The van der Waals surface area contributed by atoms with E-state index in [1.54, 1.807) is 0 Å². The van der Waals surface area contributed by atoms with Crippen molar-refractivity contribution in [3.8, 4) is 0 Å². The smallest absolute Gasteiger partial charge is 0.305 e. The van der Waals surface area contributed by atoms with Crippen LogP contribution < -0.4 is 5.32 Å². The summed E-state index contributed by atoms with van der Waals surface area (Å²) in [6.45, 7) is 5.95. The van der Waals surface area contributed by atoms with Gasteiger partial charge in [0.25, 0.3) is 0 Å². The molecule has 2 unspecified atom stereocenters. The van der Waals surface area contributed by atoms with E-state index in [0.717, 1.165) is 35.1 Å². The first-order valence-corrected chi connectivity index (χ1v) is 7.12. The van der Waals surface area contributed by atoms with E-state index < -0.39 is 18.1 Å². The lowest BCUT2D eigenvalue weighted by Gasteiger charge is -2.26. The topological polar surface area (TPSA) is 69.6 Å². The molecule has 1 aromatic carbocycles. The highest BCUT2D eigenvalue weighted by atomic mass is 16.4. The fourth-order valence-corrected chi connectivity index (χ4v) is 2.86. The summed E-state index contributed by atoms with van der Waals surface area (Å²) in [7, 11) is 0. The molecule has 0 heterocycles. The molecular weight excluding hydrogens is 254 g/mol. The summed E-state index contributed by atoms with van der Waals surface area (Å²) in [5, 5.41) is 22.9. The van der Waals surface area contributed by atoms with E-state index in [2.05, 4.69) is 5.32 Å². The summed E-state index contributed by atoms with van der Waals surface area (Å²) in [5.41, 5.74) is 4.04. The van der Waals surface area contributed by atoms with Crippen molar-refractivity contribution in [2.24, 2.45) is 0 Å². The van der Waals surface area contributed by atoms with Crippen LogP contribution in [-0.2, 0) is 4.79 Å². The Balaban J connectivity index is 2.25. The van der Waals surface area contributed by atoms with Crippen molar-refractivity contribution in [3.63, 3.8) is 0 Å². The molecule has 4 heteroatoms. The second-order valence-corrected chi connectivity index (χ2v) is 5.90. The van der Waals surface area contributed by atoms with Crippen LogP contribution in [0.3, 0.4) is 0 Å². The molecule has 2 rings (SSSR count). The zero-order valence-electron chi connectivity index (χ0n) is 12.3. The summed E-state index contributed by atoms with van der Waals surface area (Å²) < 4.78 is 0. The zero-order valence-corrected chi connectivity index (χ0v) is 12.3. The molecule has 0 aliphatic heterocycles. The van der Waals surface area contributed by atoms with Gasteiger partial charge < -0.3 is 15.5 Å². The number of aliphatic hydroxyl groups is 1. The molecule has 1 aliphatic rings. The molecule has 1 saturated carbocycles. The van der Waals surface area contributed by atoms with Crippen molar-refractivity contribution < 1.29 is 15.0 Å². The van der Waals surface area contributed by atoms with Gasteiger partial charge in [-0.3, -0.25) is 4.79 Å². The Hall–Kier alpha value is -1.39. The van der Waals surface area contributed by atoms with Crippen LogP contribution in [0, 0.1) is 20.8 Å². The van der Waals surface area contributed by atoms with Crippen LogP contribution in [0.1, 0.15) is 47.6 Å². The lowest BCUT2D eigenvalue weighted by molar-refractivity contribution is -0.138. The van der Waals surface area contributed by atoms with E-state index in [4.69, 9.17) is 5.11 Å². The van der Waals surface area contributed by atoms with Crippen LogP contribution in [0.15, 0.2) is 12.1 Å². The first-order valence-electron chi connectivity index (χ1n) is 7.12. The largest absolute Gasteiger partial charge is 0.481 e. The van der Waals surface area contributed by atoms with Crippen molar-refractivity contribution in [2.45, 2.75) is 58.2 Å². The summed E-state index contributed by atoms with van der Waals surface area (Å²) >= 11 is 0. The van der Waals surface area contributed by atoms with Gasteiger partial charge in [0.1, 0.15) is 0 Å². The van der Waals surface area contributed by atoms with Crippen molar-refractivity contribution >= 4 is 5.97 Å².